The topological polar surface area (TPSA) is 23.5 Å². The second kappa shape index (κ2) is 8.68. The number of aliphatic hydroxyl groups excluding tert-OH is 1. The van der Waals surface area contributed by atoms with Crippen LogP contribution in [0, 0.1) is 17.7 Å². The van der Waals surface area contributed by atoms with E-state index in [1.165, 1.54) is 12.1 Å². The van der Waals surface area contributed by atoms with Crippen LogP contribution in [0.25, 0.3) is 0 Å². The lowest BCUT2D eigenvalue weighted by atomic mass is 10.1. The van der Waals surface area contributed by atoms with E-state index in [0.29, 0.717) is 6.42 Å². The van der Waals surface area contributed by atoms with Gasteiger partial charge in [0.1, 0.15) is 5.82 Å². The number of halogens is 1. The zero-order valence-corrected chi connectivity index (χ0v) is 11.7. The van der Waals surface area contributed by atoms with Crippen molar-refractivity contribution in [3.63, 3.8) is 0 Å². The van der Waals surface area contributed by atoms with Crippen molar-refractivity contribution in [1.29, 1.82) is 0 Å². The Balaban J connectivity index is 2.79. The zero-order chi connectivity index (χ0) is 14.1. The molecule has 0 heterocycles. The summed E-state index contributed by atoms with van der Waals surface area (Å²) in [6, 6.07) is 4.73. The molecule has 0 amide bonds. The molecule has 1 rings (SSSR count). The average molecular weight is 263 g/mol. The predicted molar refractivity (Wildman–Crippen MR) is 76.2 cm³/mol. The van der Waals surface area contributed by atoms with E-state index in [9.17, 15) is 4.39 Å². The summed E-state index contributed by atoms with van der Waals surface area (Å²) >= 11 is 0. The number of rotatable bonds is 6. The molecular formula is C16H22FNO. The van der Waals surface area contributed by atoms with Crippen LogP contribution in [0.2, 0.25) is 0 Å². The molecule has 0 radical (unpaired) electrons. The minimum absolute atomic E-state index is 0.0358. The molecule has 104 valence electrons. The van der Waals surface area contributed by atoms with Crippen LogP contribution in [0.5, 0.6) is 0 Å². The fourth-order valence-corrected chi connectivity index (χ4v) is 1.81. The van der Waals surface area contributed by atoms with E-state index in [2.05, 4.69) is 30.7 Å². The Bertz CT molecular complexity index is 448. The summed E-state index contributed by atoms with van der Waals surface area (Å²) in [4.78, 5) is 2.22. The zero-order valence-electron chi connectivity index (χ0n) is 11.7. The lowest BCUT2D eigenvalue weighted by Crippen LogP contribution is -2.19. The first-order valence-electron chi connectivity index (χ1n) is 6.74. The molecule has 0 unspecified atom stereocenters. The predicted octanol–water partition coefficient (Wildman–Crippen LogP) is 2.79. The Hall–Kier alpha value is -1.37. The third-order valence-electron chi connectivity index (χ3n) is 2.87. The lowest BCUT2D eigenvalue weighted by molar-refractivity contribution is 0.305. The molecule has 1 N–H and O–H groups in total. The molecule has 0 aliphatic rings. The molecular weight excluding hydrogens is 241 g/mol. The summed E-state index contributed by atoms with van der Waals surface area (Å²) in [7, 11) is 2.06. The van der Waals surface area contributed by atoms with Gasteiger partial charge in [0.05, 0.1) is 6.61 Å². The fraction of sp³-hybridized carbons (Fsp3) is 0.500. The maximum absolute atomic E-state index is 13.3. The van der Waals surface area contributed by atoms with Gasteiger partial charge in [0.15, 0.2) is 0 Å². The second-order valence-corrected chi connectivity index (χ2v) is 4.67. The van der Waals surface area contributed by atoms with Gasteiger partial charge in [0.25, 0.3) is 0 Å². The van der Waals surface area contributed by atoms with Gasteiger partial charge < -0.3 is 10.0 Å². The van der Waals surface area contributed by atoms with Crippen LogP contribution in [-0.4, -0.2) is 30.2 Å². The van der Waals surface area contributed by atoms with Crippen LogP contribution in [0.4, 0.5) is 4.39 Å². The molecule has 3 heteroatoms. The highest BCUT2D eigenvalue weighted by molar-refractivity contribution is 5.41. The van der Waals surface area contributed by atoms with Gasteiger partial charge in [0, 0.05) is 18.5 Å². The van der Waals surface area contributed by atoms with E-state index in [0.717, 1.165) is 37.1 Å². The smallest absolute Gasteiger partial charge is 0.124 e. The summed E-state index contributed by atoms with van der Waals surface area (Å²) in [5.74, 6) is 5.52. The first-order chi connectivity index (χ1) is 9.17. The molecule has 1 aromatic rings. The van der Waals surface area contributed by atoms with Gasteiger partial charge in [-0.1, -0.05) is 31.3 Å². The summed E-state index contributed by atoms with van der Waals surface area (Å²) in [6.07, 6.45) is 2.74. The van der Waals surface area contributed by atoms with Gasteiger partial charge in [-0.15, -0.1) is 0 Å². The van der Waals surface area contributed by atoms with Crippen LogP contribution in [0.15, 0.2) is 18.2 Å². The van der Waals surface area contributed by atoms with E-state index in [1.54, 1.807) is 6.07 Å². The quantitative estimate of drug-likeness (QED) is 0.798. The first kappa shape index (κ1) is 15.7. The Kier molecular flexibility index (Phi) is 7.17. The summed E-state index contributed by atoms with van der Waals surface area (Å²) in [6.45, 7) is 3.99. The van der Waals surface area contributed by atoms with Crippen molar-refractivity contribution in [2.45, 2.75) is 32.7 Å². The maximum Gasteiger partial charge on any atom is 0.124 e. The highest BCUT2D eigenvalue weighted by Gasteiger charge is 2.05. The van der Waals surface area contributed by atoms with E-state index in [-0.39, 0.29) is 12.4 Å². The number of hydrogen-bond acceptors (Lipinski definition) is 2. The first-order valence-corrected chi connectivity index (χ1v) is 6.74. The number of aliphatic hydroxyl groups is 1. The van der Waals surface area contributed by atoms with E-state index < -0.39 is 0 Å². The van der Waals surface area contributed by atoms with Crippen molar-refractivity contribution >= 4 is 0 Å². The van der Waals surface area contributed by atoms with Gasteiger partial charge in [-0.2, -0.15) is 0 Å². The molecule has 2 nitrogen and oxygen atoms in total. The highest BCUT2D eigenvalue weighted by atomic mass is 19.1. The Labute approximate surface area is 115 Å². The molecule has 0 aliphatic carbocycles. The van der Waals surface area contributed by atoms with Crippen molar-refractivity contribution in [2.24, 2.45) is 0 Å². The minimum Gasteiger partial charge on any atom is -0.395 e. The number of hydrogen-bond donors (Lipinski definition) is 1. The Morgan fingerprint density at radius 1 is 1.37 bits per heavy atom. The lowest BCUT2D eigenvalue weighted by Gasteiger charge is -2.17. The van der Waals surface area contributed by atoms with E-state index in [4.69, 9.17) is 5.11 Å². The van der Waals surface area contributed by atoms with Crippen LogP contribution in [0.3, 0.4) is 0 Å². The van der Waals surface area contributed by atoms with Gasteiger partial charge in [0.2, 0.25) is 0 Å². The largest absolute Gasteiger partial charge is 0.395 e. The second-order valence-electron chi connectivity index (χ2n) is 4.67. The molecule has 19 heavy (non-hydrogen) atoms. The van der Waals surface area contributed by atoms with Gasteiger partial charge in [-0.05, 0) is 37.7 Å². The van der Waals surface area contributed by atoms with Gasteiger partial charge >= 0.3 is 0 Å². The van der Waals surface area contributed by atoms with E-state index in [1.807, 2.05) is 0 Å². The van der Waals surface area contributed by atoms with Crippen molar-refractivity contribution in [3.8, 4) is 11.8 Å². The molecule has 1 aromatic carbocycles. The van der Waals surface area contributed by atoms with Gasteiger partial charge in [-0.3, -0.25) is 0 Å². The molecule has 0 saturated carbocycles. The Morgan fingerprint density at radius 3 is 2.84 bits per heavy atom. The third-order valence-corrected chi connectivity index (χ3v) is 2.87. The summed E-state index contributed by atoms with van der Waals surface area (Å²) in [5.41, 5.74) is 1.75. The van der Waals surface area contributed by atoms with Crippen LogP contribution < -0.4 is 0 Å². The molecule has 0 aliphatic heterocycles. The summed E-state index contributed by atoms with van der Waals surface area (Å²) in [5, 5.41) is 8.73. The number of benzene rings is 1. The van der Waals surface area contributed by atoms with Crippen molar-refractivity contribution < 1.29 is 9.50 Å². The molecule has 0 saturated heterocycles. The highest BCUT2D eigenvalue weighted by Crippen LogP contribution is 2.13. The molecule has 0 spiro atoms. The normalized spacial score (nSPS) is 10.4. The molecule has 0 atom stereocenters. The number of nitrogens with zero attached hydrogens (tertiary/aromatic N) is 1. The monoisotopic (exact) mass is 263 g/mol. The Morgan fingerprint density at radius 2 is 2.16 bits per heavy atom. The molecule has 0 bridgehead atoms. The standard InChI is InChI=1S/C16H22FNO/c1-3-4-10-18(2)13-15-8-9-16(17)12-14(15)7-5-6-11-19/h8-9,12,19H,3-4,6,10-11,13H2,1-2H3. The van der Waals surface area contributed by atoms with E-state index >= 15 is 0 Å². The minimum atomic E-state index is -0.270. The maximum atomic E-state index is 13.3. The van der Waals surface area contributed by atoms with Crippen LogP contribution in [0.1, 0.15) is 37.3 Å². The SMILES string of the molecule is CCCCN(C)Cc1ccc(F)cc1C#CCCO. The molecule has 0 fully saturated rings. The number of unbranched alkanes of at least 4 members (excludes halogenated alkanes) is 1. The van der Waals surface area contributed by atoms with Crippen LogP contribution >= 0.6 is 0 Å². The van der Waals surface area contributed by atoms with Crippen LogP contribution in [-0.2, 0) is 6.54 Å². The average Bonchev–Trinajstić information content (AvgIpc) is 2.39. The van der Waals surface area contributed by atoms with Crippen molar-refractivity contribution in [3.05, 3.63) is 35.1 Å². The molecule has 0 aromatic heterocycles. The summed E-state index contributed by atoms with van der Waals surface area (Å²) < 4.78 is 13.3. The van der Waals surface area contributed by atoms with Gasteiger partial charge in [-0.25, -0.2) is 4.39 Å². The van der Waals surface area contributed by atoms with Crippen molar-refractivity contribution in [2.75, 3.05) is 20.2 Å². The third kappa shape index (κ3) is 5.87. The van der Waals surface area contributed by atoms with Crippen molar-refractivity contribution in [1.82, 2.24) is 4.90 Å². The fourth-order valence-electron chi connectivity index (χ4n) is 1.81.